The fourth-order valence-corrected chi connectivity index (χ4v) is 0. The van der Waals surface area contributed by atoms with E-state index in [0.717, 1.165) is 0 Å². The second kappa shape index (κ2) is 131. The Morgan fingerprint density at radius 2 is 0.526 bits per heavy atom. The van der Waals surface area contributed by atoms with Gasteiger partial charge in [-0.1, -0.05) is 0 Å². The predicted octanol–water partition coefficient (Wildman–Crippen LogP) is -7.37. The quantitative estimate of drug-likeness (QED) is 0.248. The molecule has 19 heavy (non-hydrogen) atoms. The molecule has 0 fully saturated rings. The van der Waals surface area contributed by atoms with E-state index >= 15 is 0 Å². The first kappa shape index (κ1) is 60.2. The van der Waals surface area contributed by atoms with Crippen molar-refractivity contribution in [3.8, 4) is 38.5 Å². The first-order valence-corrected chi connectivity index (χ1v) is 4.48. The van der Waals surface area contributed by atoms with E-state index in [-0.39, 0.29) is 103 Å². The van der Waals surface area contributed by atoms with Gasteiger partial charge in [-0.2, -0.15) is 0 Å². The number of hydrogen-bond donors (Lipinski definition) is 0. The molecule has 0 rings (SSSR count). The van der Waals surface area contributed by atoms with Crippen molar-refractivity contribution in [2.24, 2.45) is 0 Å². The summed E-state index contributed by atoms with van der Waals surface area (Å²) in [5.41, 5.74) is 0. The predicted molar refractivity (Wildman–Crippen MR) is 50.5 cm³/mol. The van der Waals surface area contributed by atoms with Gasteiger partial charge in [-0.3, -0.25) is 0 Å². The second-order valence-electron chi connectivity index (χ2n) is 0.408. The molecule has 0 saturated carbocycles. The van der Waals surface area contributed by atoms with Gasteiger partial charge >= 0.3 is 132 Å². The Morgan fingerprint density at radius 1 is 0.526 bits per heavy atom. The average molecular weight is 344 g/mol. The SMILES string of the molecule is [C-]#C.[C-]#C.[C-]#C.[C-]#C.[C-]#C.[C-]#C.[K+].[K+].[O]=[Cr](=[O])([O-])[O-]. The van der Waals surface area contributed by atoms with Gasteiger partial charge in [0.2, 0.25) is 0 Å². The van der Waals surface area contributed by atoms with E-state index in [0.29, 0.717) is 0 Å². The maximum atomic E-state index is 8.59. The van der Waals surface area contributed by atoms with E-state index in [1.54, 1.807) is 0 Å². The minimum absolute atomic E-state index is 0. The molecule has 0 spiro atoms. The summed E-state index contributed by atoms with van der Waals surface area (Å²) in [6.45, 7) is 0. The third-order valence-corrected chi connectivity index (χ3v) is 0. The van der Waals surface area contributed by atoms with Crippen LogP contribution in [0.3, 0.4) is 0 Å². The van der Waals surface area contributed by atoms with Crippen molar-refractivity contribution in [3.05, 3.63) is 38.5 Å². The normalized spacial score (nSPS) is 3.68. The molecule has 0 aliphatic heterocycles. The topological polar surface area (TPSA) is 80.3 Å². The van der Waals surface area contributed by atoms with Crippen LogP contribution in [0.5, 0.6) is 0 Å². The first-order chi connectivity index (χ1) is 8.00. The van der Waals surface area contributed by atoms with Crippen molar-refractivity contribution in [1.82, 2.24) is 0 Å². The van der Waals surface area contributed by atoms with Gasteiger partial charge in [-0.15, -0.1) is 0 Å². The Bertz CT molecular complexity index is 252. The van der Waals surface area contributed by atoms with Crippen molar-refractivity contribution >= 4 is 0 Å². The van der Waals surface area contributed by atoms with Crippen molar-refractivity contribution in [1.29, 1.82) is 0 Å². The Kier molecular flexibility index (Phi) is 414. The molecule has 0 N–H and O–H groups in total. The minimum atomic E-state index is -5.75. The molecule has 0 aliphatic carbocycles. The van der Waals surface area contributed by atoms with Gasteiger partial charge < -0.3 is 77.1 Å². The molecule has 0 aliphatic rings. The molecule has 0 unspecified atom stereocenters. The summed E-state index contributed by atoms with van der Waals surface area (Å²) in [7, 11) is 0. The maximum absolute atomic E-state index is 8.59. The Morgan fingerprint density at radius 3 is 0.526 bits per heavy atom. The molecule has 0 aromatic carbocycles. The summed E-state index contributed by atoms with van der Waals surface area (Å²) in [6.07, 6.45) is 54.0. The molecule has 0 atom stereocenters. The van der Waals surface area contributed by atoms with Gasteiger partial charge in [0.05, 0.1) is 0 Å². The zero-order valence-corrected chi connectivity index (χ0v) is 18.0. The standard InChI is InChI=1S/6C2H.Cr.2K.4O/c6*1-2;;;;;;;/h6*1H;;;;;;;/q6*-1;;2*+1;;;2*-1. The van der Waals surface area contributed by atoms with Crippen molar-refractivity contribution in [2.45, 2.75) is 0 Å². The number of rotatable bonds is 0. The van der Waals surface area contributed by atoms with E-state index in [2.05, 4.69) is 38.5 Å². The molecule has 0 radical (unpaired) electrons. The summed E-state index contributed by atoms with van der Waals surface area (Å²) >= 11 is -5.75. The summed E-state index contributed by atoms with van der Waals surface area (Å²) in [4.78, 5) is 0. The van der Waals surface area contributed by atoms with Crippen LogP contribution in [0.15, 0.2) is 0 Å². The molecule has 0 aromatic rings. The first-order valence-electron chi connectivity index (χ1n) is 2.40. The number of hydrogen-bond acceptors (Lipinski definition) is 4. The van der Waals surface area contributed by atoms with Gasteiger partial charge in [0.1, 0.15) is 0 Å². The molecule has 92 valence electrons. The molecule has 0 aromatic heterocycles. The Labute approximate surface area is 205 Å². The second-order valence-corrected chi connectivity index (χ2v) is 1.68. The monoisotopic (exact) mass is 344 g/mol. The Hall–Kier alpha value is 0.685. The van der Waals surface area contributed by atoms with Gasteiger partial charge in [-0.25, -0.2) is 0 Å². The van der Waals surface area contributed by atoms with E-state index in [9.17, 15) is 0 Å². The summed E-state index contributed by atoms with van der Waals surface area (Å²) in [6, 6.07) is 0. The van der Waals surface area contributed by atoms with E-state index in [1.165, 1.54) is 0 Å². The van der Waals surface area contributed by atoms with Crippen LogP contribution >= 0.6 is 0 Å². The number of terminal acetylenes is 6. The van der Waals surface area contributed by atoms with Gasteiger partial charge in [0.25, 0.3) is 0 Å². The summed E-state index contributed by atoms with van der Waals surface area (Å²) in [5, 5.41) is 0. The van der Waals surface area contributed by atoms with Crippen LogP contribution in [0, 0.1) is 77.1 Å². The zero-order valence-electron chi connectivity index (χ0n) is 10.5. The zero-order chi connectivity index (χ0) is 16.5. The molecule has 0 heterocycles. The average Bonchev–Trinajstić information content (AvgIpc) is 2.41. The van der Waals surface area contributed by atoms with Crippen molar-refractivity contribution in [2.75, 3.05) is 0 Å². The fourth-order valence-electron chi connectivity index (χ4n) is 0. The van der Waals surface area contributed by atoms with Crippen LogP contribution in [0.1, 0.15) is 0 Å². The van der Waals surface area contributed by atoms with Gasteiger partial charge in [-0.05, 0) is 0 Å². The molecule has 4 nitrogen and oxygen atoms in total. The molecular formula is C12H6CrK2O4-6. The van der Waals surface area contributed by atoms with Crippen LogP contribution in [-0.2, 0) is 21.2 Å². The molecule has 0 bridgehead atoms. The van der Waals surface area contributed by atoms with Crippen LogP contribution in [0.2, 0.25) is 0 Å². The van der Waals surface area contributed by atoms with Crippen LogP contribution in [0.4, 0.5) is 0 Å². The van der Waals surface area contributed by atoms with Gasteiger partial charge in [0, 0.05) is 0 Å². The van der Waals surface area contributed by atoms with Crippen LogP contribution in [0.25, 0.3) is 0 Å². The van der Waals surface area contributed by atoms with Crippen molar-refractivity contribution < 1.29 is 132 Å². The Balaban J connectivity index is -0.00000000912. The fraction of sp³-hybridized carbons (Fsp3) is 0. The van der Waals surface area contributed by atoms with Gasteiger partial charge in [0.15, 0.2) is 0 Å². The summed E-state index contributed by atoms with van der Waals surface area (Å²) < 4.78 is 34.4. The molecule has 7 heteroatoms. The van der Waals surface area contributed by atoms with E-state index in [4.69, 9.17) is 54.5 Å². The van der Waals surface area contributed by atoms with Crippen LogP contribution in [-0.4, -0.2) is 0 Å². The summed E-state index contributed by atoms with van der Waals surface area (Å²) in [5.74, 6) is 0. The van der Waals surface area contributed by atoms with E-state index in [1.807, 2.05) is 0 Å². The third-order valence-electron chi connectivity index (χ3n) is 0. The molecule has 0 saturated heterocycles. The van der Waals surface area contributed by atoms with Crippen LogP contribution < -0.4 is 111 Å². The van der Waals surface area contributed by atoms with E-state index < -0.39 is 13.6 Å². The van der Waals surface area contributed by atoms with Crippen molar-refractivity contribution in [3.63, 3.8) is 0 Å². The molecule has 0 amide bonds. The third kappa shape index (κ3) is 11100. The molecular weight excluding hydrogens is 338 g/mol.